The van der Waals surface area contributed by atoms with Gasteiger partial charge in [-0.25, -0.2) is 9.97 Å². The van der Waals surface area contributed by atoms with Crippen LogP contribution < -0.4 is 4.74 Å². The lowest BCUT2D eigenvalue weighted by molar-refractivity contribution is 0.413. The van der Waals surface area contributed by atoms with Crippen LogP contribution in [0.4, 0.5) is 0 Å². The minimum absolute atomic E-state index is 0.718. The second-order valence-corrected chi connectivity index (χ2v) is 3.39. The average Bonchev–Trinajstić information content (AvgIpc) is 2.18. The van der Waals surface area contributed by atoms with E-state index in [1.54, 1.807) is 19.5 Å². The van der Waals surface area contributed by atoms with Gasteiger partial charge in [0.05, 0.1) is 13.3 Å². The summed E-state index contributed by atoms with van der Waals surface area (Å²) in [5.41, 5.74) is 0.718. The third kappa shape index (κ3) is 1.49. The van der Waals surface area contributed by atoms with E-state index < -0.39 is 0 Å². The second-order valence-electron chi connectivity index (χ2n) is 2.54. The maximum Gasteiger partial charge on any atom is 0.160 e. The van der Waals surface area contributed by atoms with Gasteiger partial charge < -0.3 is 4.74 Å². The molecule has 66 valence electrons. The third-order valence-corrected chi connectivity index (χ3v) is 2.44. The van der Waals surface area contributed by atoms with Crippen LogP contribution in [0.2, 0.25) is 0 Å². The fraction of sp³-hybridized carbons (Fsp3) is 0.111. The Bertz CT molecular complexity index is 445. The minimum Gasteiger partial charge on any atom is -0.495 e. The Kier molecular flexibility index (Phi) is 2.14. The summed E-state index contributed by atoms with van der Waals surface area (Å²) in [5, 5.41) is 0.960. The summed E-state index contributed by atoms with van der Waals surface area (Å²) in [6.45, 7) is 0. The number of hydrogen-bond donors (Lipinski definition) is 0. The number of halogens is 1. The van der Waals surface area contributed by atoms with E-state index in [1.807, 2.05) is 12.1 Å². The Morgan fingerprint density at radius 1 is 1.38 bits per heavy atom. The van der Waals surface area contributed by atoms with E-state index in [0.717, 1.165) is 21.3 Å². The number of pyridine rings is 2. The molecule has 0 amide bonds. The van der Waals surface area contributed by atoms with Crippen LogP contribution in [0, 0.1) is 0 Å². The van der Waals surface area contributed by atoms with Crippen molar-refractivity contribution in [3.8, 4) is 5.75 Å². The van der Waals surface area contributed by atoms with Gasteiger partial charge in [-0.05, 0) is 28.1 Å². The maximum atomic E-state index is 5.07. The summed E-state index contributed by atoms with van der Waals surface area (Å²) in [7, 11) is 1.62. The Morgan fingerprint density at radius 3 is 3.00 bits per heavy atom. The highest BCUT2D eigenvalue weighted by Crippen LogP contribution is 2.23. The first-order valence-electron chi connectivity index (χ1n) is 3.75. The Labute approximate surface area is 83.9 Å². The number of nitrogens with zero attached hydrogens (tertiary/aromatic N) is 2. The smallest absolute Gasteiger partial charge is 0.160 e. The van der Waals surface area contributed by atoms with Crippen LogP contribution in [0.5, 0.6) is 5.75 Å². The van der Waals surface area contributed by atoms with Crippen LogP contribution in [0.15, 0.2) is 29.0 Å². The lowest BCUT2D eigenvalue weighted by Gasteiger charge is -2.01. The molecule has 2 aromatic rings. The number of fused-ring (bicyclic) bond motifs is 1. The van der Waals surface area contributed by atoms with Gasteiger partial charge in [-0.1, -0.05) is 0 Å². The second kappa shape index (κ2) is 3.30. The maximum absolute atomic E-state index is 5.07. The molecule has 0 aromatic carbocycles. The van der Waals surface area contributed by atoms with Crippen molar-refractivity contribution in [1.82, 2.24) is 9.97 Å². The molecule has 4 heteroatoms. The quantitative estimate of drug-likeness (QED) is 0.766. The number of hydrogen-bond acceptors (Lipinski definition) is 3. The third-order valence-electron chi connectivity index (χ3n) is 1.75. The van der Waals surface area contributed by atoms with Crippen LogP contribution >= 0.6 is 15.9 Å². The molecule has 0 aliphatic rings. The Hall–Kier alpha value is -1.16. The summed E-state index contributed by atoms with van der Waals surface area (Å²) in [6.07, 6.45) is 3.37. The van der Waals surface area contributed by atoms with Gasteiger partial charge in [0.2, 0.25) is 0 Å². The molecular weight excluding hydrogens is 232 g/mol. The van der Waals surface area contributed by atoms with E-state index in [0.29, 0.717) is 0 Å². The lowest BCUT2D eigenvalue weighted by Crippen LogP contribution is -1.87. The molecule has 2 rings (SSSR count). The molecule has 13 heavy (non-hydrogen) atoms. The first kappa shape index (κ1) is 8.44. The molecule has 0 saturated carbocycles. The zero-order chi connectivity index (χ0) is 9.26. The largest absolute Gasteiger partial charge is 0.495 e. The molecule has 0 atom stereocenters. The monoisotopic (exact) mass is 238 g/mol. The van der Waals surface area contributed by atoms with E-state index in [2.05, 4.69) is 25.9 Å². The molecule has 0 N–H and O–H groups in total. The van der Waals surface area contributed by atoms with Crippen molar-refractivity contribution in [2.24, 2.45) is 0 Å². The summed E-state index contributed by atoms with van der Waals surface area (Å²) < 4.78 is 6.04. The van der Waals surface area contributed by atoms with Crippen LogP contribution in [-0.2, 0) is 0 Å². The Morgan fingerprint density at radius 2 is 2.23 bits per heavy atom. The van der Waals surface area contributed by atoms with Gasteiger partial charge in [0.1, 0.15) is 5.75 Å². The number of aromatic nitrogens is 2. The van der Waals surface area contributed by atoms with Gasteiger partial charge in [-0.2, -0.15) is 0 Å². The molecule has 0 aliphatic carbocycles. The van der Waals surface area contributed by atoms with E-state index in [4.69, 9.17) is 4.74 Å². The number of methoxy groups -OCH3 is 1. The summed E-state index contributed by atoms with van der Waals surface area (Å²) in [6, 6.07) is 3.78. The molecule has 0 fully saturated rings. The first-order chi connectivity index (χ1) is 6.31. The zero-order valence-electron chi connectivity index (χ0n) is 6.99. The highest BCUT2D eigenvalue weighted by Gasteiger charge is 2.01. The molecule has 3 nitrogen and oxygen atoms in total. The van der Waals surface area contributed by atoms with E-state index in [9.17, 15) is 0 Å². The normalized spacial score (nSPS) is 10.3. The molecular formula is C9H7BrN2O. The van der Waals surface area contributed by atoms with Crippen molar-refractivity contribution in [3.63, 3.8) is 0 Å². The lowest BCUT2D eigenvalue weighted by atomic mass is 10.3. The Balaban J connectivity index is 2.74. The molecule has 0 unspecified atom stereocenters. The first-order valence-corrected chi connectivity index (χ1v) is 4.55. The van der Waals surface area contributed by atoms with Crippen LogP contribution in [0.1, 0.15) is 0 Å². The molecule has 0 aliphatic heterocycles. The van der Waals surface area contributed by atoms with Gasteiger partial charge >= 0.3 is 0 Å². The van der Waals surface area contributed by atoms with Gasteiger partial charge in [-0.3, -0.25) is 0 Å². The number of rotatable bonds is 1. The average molecular weight is 239 g/mol. The fourth-order valence-electron chi connectivity index (χ4n) is 1.09. The van der Waals surface area contributed by atoms with Crippen molar-refractivity contribution >= 4 is 27.0 Å². The zero-order valence-corrected chi connectivity index (χ0v) is 8.58. The van der Waals surface area contributed by atoms with Crippen molar-refractivity contribution in [2.75, 3.05) is 7.11 Å². The van der Waals surface area contributed by atoms with Crippen LogP contribution in [0.3, 0.4) is 0 Å². The summed E-state index contributed by atoms with van der Waals surface area (Å²) in [5.74, 6) is 0.737. The molecule has 0 saturated heterocycles. The fourth-order valence-corrected chi connectivity index (χ4v) is 1.50. The highest BCUT2D eigenvalue weighted by atomic mass is 79.9. The molecule has 0 spiro atoms. The van der Waals surface area contributed by atoms with Crippen molar-refractivity contribution in [1.29, 1.82) is 0 Å². The van der Waals surface area contributed by atoms with Gasteiger partial charge in [0, 0.05) is 16.1 Å². The SMILES string of the molecule is COc1cnc2nccc(Br)c2c1. The molecule has 0 radical (unpaired) electrons. The van der Waals surface area contributed by atoms with Gasteiger partial charge in [0.25, 0.3) is 0 Å². The summed E-state index contributed by atoms with van der Waals surface area (Å²) >= 11 is 3.42. The van der Waals surface area contributed by atoms with Gasteiger partial charge in [0.15, 0.2) is 5.65 Å². The topological polar surface area (TPSA) is 35.0 Å². The molecule has 2 heterocycles. The summed E-state index contributed by atoms with van der Waals surface area (Å²) in [4.78, 5) is 8.27. The molecule has 2 aromatic heterocycles. The van der Waals surface area contributed by atoms with E-state index in [-0.39, 0.29) is 0 Å². The molecule has 0 bridgehead atoms. The predicted molar refractivity (Wildman–Crippen MR) is 53.8 cm³/mol. The van der Waals surface area contributed by atoms with Crippen LogP contribution in [-0.4, -0.2) is 17.1 Å². The van der Waals surface area contributed by atoms with Crippen molar-refractivity contribution in [3.05, 3.63) is 29.0 Å². The standard InChI is InChI=1S/C9H7BrN2O/c1-13-6-4-7-8(10)2-3-11-9(7)12-5-6/h2-5H,1H3. The number of ether oxygens (including phenoxy) is 1. The van der Waals surface area contributed by atoms with E-state index in [1.165, 1.54) is 0 Å². The minimum atomic E-state index is 0.718. The highest BCUT2D eigenvalue weighted by molar-refractivity contribution is 9.10. The van der Waals surface area contributed by atoms with Crippen molar-refractivity contribution < 1.29 is 4.74 Å². The van der Waals surface area contributed by atoms with E-state index >= 15 is 0 Å². The van der Waals surface area contributed by atoms with Crippen molar-refractivity contribution in [2.45, 2.75) is 0 Å². The van der Waals surface area contributed by atoms with Crippen LogP contribution in [0.25, 0.3) is 11.0 Å². The predicted octanol–water partition coefficient (Wildman–Crippen LogP) is 2.40. The van der Waals surface area contributed by atoms with Gasteiger partial charge in [-0.15, -0.1) is 0 Å².